The van der Waals surface area contributed by atoms with Crippen molar-refractivity contribution in [3.8, 4) is 40.2 Å². The van der Waals surface area contributed by atoms with E-state index in [9.17, 15) is 13.5 Å². The van der Waals surface area contributed by atoms with Crippen molar-refractivity contribution < 1.29 is 41.9 Å². The highest BCUT2D eigenvalue weighted by Gasteiger charge is 2.21. The Morgan fingerprint density at radius 1 is 0.649 bits per heavy atom. The first-order chi connectivity index (χ1) is 17.7. The Balaban J connectivity index is 2.00. The normalized spacial score (nSPS) is 11.2. The molecule has 0 saturated heterocycles. The summed E-state index contributed by atoms with van der Waals surface area (Å²) in [5.74, 6) is 1.76. The molecule has 0 radical (unpaired) electrons. The molecule has 3 rings (SSSR count). The fourth-order valence-corrected chi connectivity index (χ4v) is 4.61. The van der Waals surface area contributed by atoms with Crippen LogP contribution in [0.3, 0.4) is 0 Å². The van der Waals surface area contributed by atoms with Crippen molar-refractivity contribution in [3.05, 3.63) is 53.6 Å². The maximum Gasteiger partial charge on any atom is 0.262 e. The molecule has 11 heteroatoms. The number of aromatic hydroxyl groups is 1. The van der Waals surface area contributed by atoms with Crippen LogP contribution in [0.5, 0.6) is 40.2 Å². The second-order valence-electron chi connectivity index (χ2n) is 7.53. The number of benzene rings is 3. The van der Waals surface area contributed by atoms with E-state index in [2.05, 4.69) is 4.72 Å². The predicted octanol–water partition coefficient (Wildman–Crippen LogP) is 4.42. The highest BCUT2D eigenvalue weighted by atomic mass is 32.2. The molecule has 3 aromatic carbocycles. The van der Waals surface area contributed by atoms with Crippen molar-refractivity contribution in [1.29, 1.82) is 0 Å². The van der Waals surface area contributed by atoms with Gasteiger partial charge >= 0.3 is 0 Å². The molecule has 198 valence electrons. The molecule has 2 N–H and O–H groups in total. The summed E-state index contributed by atoms with van der Waals surface area (Å²) < 4.78 is 60.3. The van der Waals surface area contributed by atoms with Gasteiger partial charge in [-0.05, 0) is 47.5 Å². The minimum absolute atomic E-state index is 0.0707. The molecule has 0 aliphatic heterocycles. The zero-order valence-corrected chi connectivity index (χ0v) is 22.1. The fraction of sp³-hybridized carbons (Fsp3) is 0.231. The molecule has 0 unspecified atom stereocenters. The molecule has 0 aliphatic rings. The van der Waals surface area contributed by atoms with Gasteiger partial charge in [-0.2, -0.15) is 0 Å². The number of methoxy groups -OCH3 is 6. The van der Waals surface area contributed by atoms with Crippen LogP contribution in [0.2, 0.25) is 0 Å². The van der Waals surface area contributed by atoms with Crippen molar-refractivity contribution in [2.45, 2.75) is 4.90 Å². The van der Waals surface area contributed by atoms with Crippen LogP contribution in [0.4, 0.5) is 5.69 Å². The Morgan fingerprint density at radius 2 is 1.16 bits per heavy atom. The van der Waals surface area contributed by atoms with Crippen LogP contribution in [-0.2, 0) is 10.0 Å². The Morgan fingerprint density at radius 3 is 1.68 bits per heavy atom. The maximum absolute atomic E-state index is 13.1. The van der Waals surface area contributed by atoms with Gasteiger partial charge in [-0.1, -0.05) is 12.2 Å². The van der Waals surface area contributed by atoms with E-state index in [-0.39, 0.29) is 27.8 Å². The van der Waals surface area contributed by atoms with Gasteiger partial charge in [-0.3, -0.25) is 4.72 Å². The van der Waals surface area contributed by atoms with Gasteiger partial charge in [0, 0.05) is 6.07 Å². The van der Waals surface area contributed by atoms with Crippen LogP contribution in [0.1, 0.15) is 11.1 Å². The highest BCUT2D eigenvalue weighted by Crippen LogP contribution is 2.40. The number of ether oxygens (including phenoxy) is 6. The van der Waals surface area contributed by atoms with Crippen molar-refractivity contribution in [3.63, 3.8) is 0 Å². The van der Waals surface area contributed by atoms with E-state index in [1.165, 1.54) is 66.9 Å². The summed E-state index contributed by atoms with van der Waals surface area (Å²) in [7, 11) is 4.68. The molecule has 37 heavy (non-hydrogen) atoms. The van der Waals surface area contributed by atoms with E-state index >= 15 is 0 Å². The van der Waals surface area contributed by atoms with E-state index < -0.39 is 10.0 Å². The lowest BCUT2D eigenvalue weighted by Crippen LogP contribution is -2.13. The van der Waals surface area contributed by atoms with E-state index in [0.717, 1.165) is 5.56 Å². The van der Waals surface area contributed by atoms with Crippen molar-refractivity contribution in [1.82, 2.24) is 0 Å². The largest absolute Gasteiger partial charge is 0.503 e. The van der Waals surface area contributed by atoms with Crippen molar-refractivity contribution >= 4 is 27.9 Å². The average molecular weight is 532 g/mol. The van der Waals surface area contributed by atoms with E-state index in [0.29, 0.717) is 28.6 Å². The fourth-order valence-electron chi connectivity index (χ4n) is 3.54. The first kappa shape index (κ1) is 27.3. The maximum atomic E-state index is 13.1. The molecule has 0 atom stereocenters. The van der Waals surface area contributed by atoms with Gasteiger partial charge < -0.3 is 33.5 Å². The van der Waals surface area contributed by atoms with Crippen LogP contribution in [0.25, 0.3) is 12.2 Å². The molecule has 10 nitrogen and oxygen atoms in total. The first-order valence-corrected chi connectivity index (χ1v) is 12.3. The summed E-state index contributed by atoms with van der Waals surface area (Å²) in [5.41, 5.74) is 1.21. The van der Waals surface area contributed by atoms with Gasteiger partial charge in [-0.15, -0.1) is 0 Å². The lowest BCUT2D eigenvalue weighted by molar-refractivity contribution is 0.324. The van der Waals surface area contributed by atoms with Crippen LogP contribution < -0.4 is 33.1 Å². The summed E-state index contributed by atoms with van der Waals surface area (Å²) in [4.78, 5) is -0.0816. The van der Waals surface area contributed by atoms with Crippen LogP contribution in [0, 0.1) is 0 Å². The van der Waals surface area contributed by atoms with E-state index in [4.69, 9.17) is 28.4 Å². The third-order valence-electron chi connectivity index (χ3n) is 5.38. The third kappa shape index (κ3) is 5.95. The molecule has 0 bridgehead atoms. The average Bonchev–Trinajstić information content (AvgIpc) is 2.91. The number of phenolic OH excluding ortho intramolecular Hbond substituents is 1. The Kier molecular flexibility index (Phi) is 8.61. The van der Waals surface area contributed by atoms with Crippen molar-refractivity contribution in [2.75, 3.05) is 47.4 Å². The number of rotatable bonds is 11. The second-order valence-corrected chi connectivity index (χ2v) is 9.22. The number of sulfonamides is 1. The SMILES string of the molecule is COc1ccc(S(=O)(=O)Nc2cc(C=Cc3cc(OC)c(OC)c(OC)c3)cc(OC)c2O)cc1OC. The van der Waals surface area contributed by atoms with Gasteiger partial charge in [0.05, 0.1) is 53.2 Å². The summed E-state index contributed by atoms with van der Waals surface area (Å²) in [6.07, 6.45) is 3.49. The van der Waals surface area contributed by atoms with Gasteiger partial charge in [0.1, 0.15) is 0 Å². The molecular formula is C26H29NO9S. The van der Waals surface area contributed by atoms with Crippen LogP contribution in [0.15, 0.2) is 47.4 Å². The molecule has 0 amide bonds. The number of hydrogen-bond donors (Lipinski definition) is 2. The molecule has 3 aromatic rings. The highest BCUT2D eigenvalue weighted by molar-refractivity contribution is 7.92. The lowest BCUT2D eigenvalue weighted by atomic mass is 10.1. The number of anilines is 1. The summed E-state index contributed by atoms with van der Waals surface area (Å²) >= 11 is 0. The van der Waals surface area contributed by atoms with Gasteiger partial charge in [-0.25, -0.2) is 8.42 Å². The summed E-state index contributed by atoms with van der Waals surface area (Å²) in [5, 5.41) is 10.6. The Bertz CT molecular complexity index is 1380. The monoisotopic (exact) mass is 531 g/mol. The van der Waals surface area contributed by atoms with Crippen LogP contribution in [-0.4, -0.2) is 56.2 Å². The molecule has 0 aliphatic carbocycles. The third-order valence-corrected chi connectivity index (χ3v) is 6.75. The minimum Gasteiger partial charge on any atom is -0.503 e. The van der Waals surface area contributed by atoms with Crippen molar-refractivity contribution in [2.24, 2.45) is 0 Å². The van der Waals surface area contributed by atoms with Gasteiger partial charge in [0.2, 0.25) is 5.75 Å². The van der Waals surface area contributed by atoms with E-state index in [1.807, 2.05) is 0 Å². The number of phenols is 1. The lowest BCUT2D eigenvalue weighted by Gasteiger charge is -2.15. The smallest absolute Gasteiger partial charge is 0.262 e. The zero-order chi connectivity index (χ0) is 27.2. The topological polar surface area (TPSA) is 122 Å². The predicted molar refractivity (Wildman–Crippen MR) is 140 cm³/mol. The first-order valence-electron chi connectivity index (χ1n) is 10.8. The zero-order valence-electron chi connectivity index (χ0n) is 21.3. The second kappa shape index (κ2) is 11.7. The van der Waals surface area contributed by atoms with Crippen LogP contribution >= 0.6 is 0 Å². The summed E-state index contributed by atoms with van der Waals surface area (Å²) in [6.45, 7) is 0. The standard InChI is InChI=1S/C26H29NO9S/c1-31-20-10-9-18(15-21(20)32-2)37(29,30)27-19-11-16(12-22(33-3)25(19)28)7-8-17-13-23(34-4)26(36-6)24(14-17)35-5/h7-15,27-28H,1-6H3. The van der Waals surface area contributed by atoms with Gasteiger partial charge in [0.25, 0.3) is 10.0 Å². The molecule has 0 spiro atoms. The summed E-state index contributed by atoms with van der Waals surface area (Å²) in [6, 6.07) is 10.7. The number of hydrogen-bond acceptors (Lipinski definition) is 9. The van der Waals surface area contributed by atoms with Gasteiger partial charge in [0.15, 0.2) is 34.5 Å². The quantitative estimate of drug-likeness (QED) is 0.274. The molecular weight excluding hydrogens is 502 g/mol. The van der Waals surface area contributed by atoms with E-state index in [1.54, 1.807) is 30.4 Å². The minimum atomic E-state index is -4.10. The molecule has 0 fully saturated rings. The molecule has 0 heterocycles. The Labute approximate surface area is 216 Å². The molecule has 0 saturated carbocycles. The molecule has 0 aromatic heterocycles. The number of nitrogens with one attached hydrogen (secondary N) is 1. The Hall–Kier alpha value is -4.25.